The van der Waals surface area contributed by atoms with E-state index in [1.165, 1.54) is 0 Å². The standard InChI is InChI=1S/C13H14N2OS/c1-8-5-10-11(6-9(8)14-7-17)16-12(15-10)13(2,3)4/h5-6H,1-4H3. The van der Waals surface area contributed by atoms with E-state index in [0.29, 0.717) is 0 Å². The molecule has 1 heterocycles. The van der Waals surface area contributed by atoms with Gasteiger partial charge in [0.05, 0.1) is 10.8 Å². The Hall–Kier alpha value is -1.51. The first-order chi connectivity index (χ1) is 7.91. The minimum Gasteiger partial charge on any atom is -0.440 e. The van der Waals surface area contributed by atoms with Crippen LogP contribution >= 0.6 is 12.2 Å². The van der Waals surface area contributed by atoms with Crippen molar-refractivity contribution >= 4 is 34.2 Å². The number of aromatic nitrogens is 1. The second-order valence-electron chi connectivity index (χ2n) is 5.08. The van der Waals surface area contributed by atoms with Gasteiger partial charge in [0.25, 0.3) is 0 Å². The van der Waals surface area contributed by atoms with Crippen molar-refractivity contribution in [1.29, 1.82) is 0 Å². The molecule has 0 aliphatic heterocycles. The number of aryl methyl sites for hydroxylation is 1. The predicted molar refractivity (Wildman–Crippen MR) is 72.1 cm³/mol. The Kier molecular flexibility index (Phi) is 2.86. The third kappa shape index (κ3) is 2.28. The highest BCUT2D eigenvalue weighted by molar-refractivity contribution is 7.78. The fourth-order valence-corrected chi connectivity index (χ4v) is 1.66. The zero-order valence-electron chi connectivity index (χ0n) is 10.4. The topological polar surface area (TPSA) is 38.4 Å². The van der Waals surface area contributed by atoms with Crippen molar-refractivity contribution in [2.75, 3.05) is 0 Å². The predicted octanol–water partition coefficient (Wildman–Crippen LogP) is 4.17. The summed E-state index contributed by atoms with van der Waals surface area (Å²) in [6.07, 6.45) is 0. The Morgan fingerprint density at radius 1 is 1.35 bits per heavy atom. The number of oxazole rings is 1. The molecule has 1 aromatic heterocycles. The molecule has 0 N–H and O–H groups in total. The highest BCUT2D eigenvalue weighted by atomic mass is 32.1. The van der Waals surface area contributed by atoms with Crippen molar-refractivity contribution in [2.45, 2.75) is 33.1 Å². The summed E-state index contributed by atoms with van der Waals surface area (Å²) in [6, 6.07) is 3.81. The molecule has 0 bridgehead atoms. The molecular formula is C13H14N2OS. The molecule has 17 heavy (non-hydrogen) atoms. The van der Waals surface area contributed by atoms with E-state index < -0.39 is 0 Å². The number of aliphatic imine (C=N–C) groups is 1. The van der Waals surface area contributed by atoms with E-state index in [9.17, 15) is 0 Å². The molecule has 0 unspecified atom stereocenters. The molecule has 1 aromatic carbocycles. The molecule has 3 nitrogen and oxygen atoms in total. The number of thiocarbonyl (C=S) groups is 1. The lowest BCUT2D eigenvalue weighted by Gasteiger charge is -2.11. The molecule has 0 atom stereocenters. The molecule has 0 amide bonds. The van der Waals surface area contributed by atoms with Gasteiger partial charge >= 0.3 is 0 Å². The number of fused-ring (bicyclic) bond motifs is 1. The van der Waals surface area contributed by atoms with Gasteiger partial charge in [-0.25, -0.2) is 4.98 Å². The van der Waals surface area contributed by atoms with E-state index in [-0.39, 0.29) is 5.41 Å². The van der Waals surface area contributed by atoms with E-state index in [4.69, 9.17) is 4.42 Å². The second kappa shape index (κ2) is 4.06. The average molecular weight is 246 g/mol. The molecule has 0 aliphatic rings. The molecule has 0 aliphatic carbocycles. The summed E-state index contributed by atoms with van der Waals surface area (Å²) in [7, 11) is 0. The van der Waals surface area contributed by atoms with Gasteiger partial charge in [0.2, 0.25) is 5.89 Å². The lowest BCUT2D eigenvalue weighted by molar-refractivity contribution is 0.411. The molecule has 88 valence electrons. The van der Waals surface area contributed by atoms with Gasteiger partial charge in [-0.05, 0) is 30.8 Å². The molecule has 0 fully saturated rings. The van der Waals surface area contributed by atoms with E-state index in [1.54, 1.807) is 0 Å². The number of benzene rings is 1. The van der Waals surface area contributed by atoms with Crippen LogP contribution in [0.1, 0.15) is 32.2 Å². The van der Waals surface area contributed by atoms with Crippen molar-refractivity contribution in [3.05, 3.63) is 23.6 Å². The highest BCUT2D eigenvalue weighted by Gasteiger charge is 2.21. The van der Waals surface area contributed by atoms with Crippen LogP contribution in [0.3, 0.4) is 0 Å². The normalized spacial score (nSPS) is 11.5. The van der Waals surface area contributed by atoms with Gasteiger partial charge in [-0.3, -0.25) is 0 Å². The Morgan fingerprint density at radius 3 is 2.65 bits per heavy atom. The molecule has 0 radical (unpaired) electrons. The van der Waals surface area contributed by atoms with Crippen molar-refractivity contribution in [2.24, 2.45) is 4.99 Å². The molecule has 0 spiro atoms. The first-order valence-electron chi connectivity index (χ1n) is 5.41. The fraction of sp³-hybridized carbons (Fsp3) is 0.385. The summed E-state index contributed by atoms with van der Waals surface area (Å²) in [6.45, 7) is 8.18. The van der Waals surface area contributed by atoms with Crippen LogP contribution in [0.2, 0.25) is 0 Å². The first kappa shape index (κ1) is 12.0. The smallest absolute Gasteiger partial charge is 0.200 e. The summed E-state index contributed by atoms with van der Waals surface area (Å²) in [5, 5.41) is 2.37. The van der Waals surface area contributed by atoms with Gasteiger partial charge < -0.3 is 4.42 Å². The number of hydrogen-bond donors (Lipinski definition) is 0. The van der Waals surface area contributed by atoms with Gasteiger partial charge in [0.15, 0.2) is 5.58 Å². The summed E-state index contributed by atoms with van der Waals surface area (Å²) in [4.78, 5) is 8.50. The van der Waals surface area contributed by atoms with E-state index in [1.807, 2.05) is 19.1 Å². The summed E-state index contributed by atoms with van der Waals surface area (Å²) in [5.74, 6) is 0.732. The minimum absolute atomic E-state index is 0.0967. The zero-order chi connectivity index (χ0) is 12.6. The maximum Gasteiger partial charge on any atom is 0.200 e. The fourth-order valence-electron chi connectivity index (χ4n) is 1.56. The third-order valence-electron chi connectivity index (χ3n) is 2.51. The number of rotatable bonds is 1. The van der Waals surface area contributed by atoms with E-state index >= 15 is 0 Å². The summed E-state index contributed by atoms with van der Waals surface area (Å²) >= 11 is 4.62. The number of nitrogens with zero attached hydrogens (tertiary/aromatic N) is 2. The number of hydrogen-bond acceptors (Lipinski definition) is 4. The van der Waals surface area contributed by atoms with Gasteiger partial charge in [0.1, 0.15) is 5.52 Å². The Morgan fingerprint density at radius 2 is 2.06 bits per heavy atom. The largest absolute Gasteiger partial charge is 0.440 e. The van der Waals surface area contributed by atoms with Crippen LogP contribution in [0.4, 0.5) is 5.69 Å². The quantitative estimate of drug-likeness (QED) is 0.560. The van der Waals surface area contributed by atoms with Crippen LogP contribution in [0.15, 0.2) is 21.5 Å². The average Bonchev–Trinajstić information content (AvgIpc) is 2.61. The van der Waals surface area contributed by atoms with Crippen LogP contribution < -0.4 is 0 Å². The lowest BCUT2D eigenvalue weighted by atomic mass is 9.97. The second-order valence-corrected chi connectivity index (χ2v) is 5.26. The Labute approximate surface area is 106 Å². The van der Waals surface area contributed by atoms with Crippen LogP contribution in [0.5, 0.6) is 0 Å². The molecule has 0 saturated carbocycles. The molecule has 2 aromatic rings. The van der Waals surface area contributed by atoms with Crippen LogP contribution in [0.25, 0.3) is 11.1 Å². The van der Waals surface area contributed by atoms with Gasteiger partial charge in [0, 0.05) is 11.5 Å². The van der Waals surface area contributed by atoms with Crippen molar-refractivity contribution in [3.63, 3.8) is 0 Å². The minimum atomic E-state index is -0.0967. The summed E-state index contributed by atoms with van der Waals surface area (Å²) in [5.41, 5.74) is 3.30. The maximum absolute atomic E-state index is 5.74. The van der Waals surface area contributed by atoms with Crippen molar-refractivity contribution in [1.82, 2.24) is 4.98 Å². The van der Waals surface area contributed by atoms with Crippen LogP contribution in [0, 0.1) is 6.92 Å². The monoisotopic (exact) mass is 246 g/mol. The SMILES string of the molecule is Cc1cc2nc(C(C)(C)C)oc2cc1N=C=S. The third-order valence-corrected chi connectivity index (χ3v) is 2.61. The lowest BCUT2D eigenvalue weighted by Crippen LogP contribution is -2.10. The van der Waals surface area contributed by atoms with E-state index in [0.717, 1.165) is 28.2 Å². The Bertz CT molecular complexity index is 616. The van der Waals surface area contributed by atoms with Gasteiger partial charge in [-0.15, -0.1) is 0 Å². The number of isothiocyanates is 1. The van der Waals surface area contributed by atoms with Gasteiger partial charge in [-0.2, -0.15) is 4.99 Å². The molecule has 0 saturated heterocycles. The molecule has 4 heteroatoms. The summed E-state index contributed by atoms with van der Waals surface area (Å²) < 4.78 is 5.74. The van der Waals surface area contributed by atoms with Crippen molar-refractivity contribution in [3.8, 4) is 0 Å². The molecule has 2 rings (SSSR count). The van der Waals surface area contributed by atoms with Crippen LogP contribution in [-0.4, -0.2) is 10.1 Å². The van der Waals surface area contributed by atoms with Gasteiger partial charge in [-0.1, -0.05) is 20.8 Å². The highest BCUT2D eigenvalue weighted by Crippen LogP contribution is 2.30. The van der Waals surface area contributed by atoms with Crippen LogP contribution in [-0.2, 0) is 5.41 Å². The Balaban J connectivity index is 2.66. The maximum atomic E-state index is 5.74. The molecular weight excluding hydrogens is 232 g/mol. The van der Waals surface area contributed by atoms with E-state index in [2.05, 4.69) is 48.1 Å². The van der Waals surface area contributed by atoms with Crippen molar-refractivity contribution < 1.29 is 4.42 Å². The zero-order valence-corrected chi connectivity index (χ0v) is 11.2. The first-order valence-corrected chi connectivity index (χ1v) is 5.82.